The first kappa shape index (κ1) is 21.1. The molecule has 156 valence electrons. The third kappa shape index (κ3) is 4.51. The highest BCUT2D eigenvalue weighted by Gasteiger charge is 2.17. The Kier molecular flexibility index (Phi) is 6.51. The van der Waals surface area contributed by atoms with Crippen LogP contribution >= 0.6 is 0 Å². The number of nitrogens with one attached hydrogen (secondary N) is 1. The van der Waals surface area contributed by atoms with E-state index in [0.717, 1.165) is 28.9 Å². The van der Waals surface area contributed by atoms with Crippen molar-refractivity contribution in [3.63, 3.8) is 0 Å². The van der Waals surface area contributed by atoms with E-state index in [-0.39, 0.29) is 12.1 Å². The molecule has 30 heavy (non-hydrogen) atoms. The van der Waals surface area contributed by atoms with E-state index in [1.165, 1.54) is 0 Å². The smallest absolute Gasteiger partial charge is 0.331 e. The predicted octanol–water partition coefficient (Wildman–Crippen LogP) is 3.28. The van der Waals surface area contributed by atoms with Crippen LogP contribution in [-0.4, -0.2) is 33.5 Å². The lowest BCUT2D eigenvalue weighted by atomic mass is 10.2. The molecule has 7 nitrogen and oxygen atoms in total. The lowest BCUT2D eigenvalue weighted by Crippen LogP contribution is -2.33. The van der Waals surface area contributed by atoms with Crippen molar-refractivity contribution in [2.75, 3.05) is 18.0 Å². The lowest BCUT2D eigenvalue weighted by Gasteiger charge is -2.20. The van der Waals surface area contributed by atoms with Crippen molar-refractivity contribution in [3.05, 3.63) is 86.6 Å². The van der Waals surface area contributed by atoms with Gasteiger partial charge < -0.3 is 10.0 Å². The molecule has 0 fully saturated rings. The van der Waals surface area contributed by atoms with Crippen molar-refractivity contribution < 1.29 is 5.11 Å². The number of H-pyrrole nitrogens is 1. The van der Waals surface area contributed by atoms with Crippen LogP contribution in [-0.2, 0) is 6.54 Å². The van der Waals surface area contributed by atoms with Crippen molar-refractivity contribution >= 4 is 17.1 Å². The van der Waals surface area contributed by atoms with Gasteiger partial charge in [0.1, 0.15) is 5.56 Å². The first-order valence-electron chi connectivity index (χ1n) is 9.95. The predicted molar refractivity (Wildman–Crippen MR) is 120 cm³/mol. The van der Waals surface area contributed by atoms with Gasteiger partial charge in [0.25, 0.3) is 5.56 Å². The van der Waals surface area contributed by atoms with Crippen LogP contribution in [0.2, 0.25) is 0 Å². The summed E-state index contributed by atoms with van der Waals surface area (Å²) in [4.78, 5) is 33.6. The molecular weight excluding hydrogens is 380 g/mol. The fourth-order valence-electron chi connectivity index (χ4n) is 3.37. The Morgan fingerprint density at radius 3 is 2.27 bits per heavy atom. The topological polar surface area (TPSA) is 90.7 Å². The first-order valence-corrected chi connectivity index (χ1v) is 9.95. The van der Waals surface area contributed by atoms with Crippen LogP contribution in [0.3, 0.4) is 0 Å². The standard InChI is InChI=1S/C23H26N4O3/c1-4-26(5-2)19-13-11-18(12-14-19)24-16(3)20-21(28)25-23(30)27(22(20)29)15-17-9-7-6-8-10-17/h6-14,29H,4-5,15H2,1-3H3,(H,25,28,30). The van der Waals surface area contributed by atoms with Crippen LogP contribution in [0.5, 0.6) is 5.88 Å². The molecule has 0 radical (unpaired) electrons. The van der Waals surface area contributed by atoms with Crippen LogP contribution in [0.15, 0.2) is 69.2 Å². The van der Waals surface area contributed by atoms with Crippen molar-refractivity contribution in [2.45, 2.75) is 27.3 Å². The maximum atomic E-state index is 12.4. The SMILES string of the molecule is CCN(CC)c1ccc(N=C(C)c2c(O)n(Cc3ccccc3)c(=O)[nH]c2=O)cc1. The number of aromatic amines is 1. The number of anilines is 1. The molecule has 0 amide bonds. The molecule has 0 aliphatic rings. The highest BCUT2D eigenvalue weighted by Crippen LogP contribution is 2.22. The minimum Gasteiger partial charge on any atom is -0.494 e. The molecule has 3 aromatic rings. The maximum absolute atomic E-state index is 12.4. The minimum atomic E-state index is -0.665. The third-order valence-electron chi connectivity index (χ3n) is 4.99. The second-order valence-electron chi connectivity index (χ2n) is 6.92. The summed E-state index contributed by atoms with van der Waals surface area (Å²) < 4.78 is 1.13. The van der Waals surface area contributed by atoms with E-state index in [0.29, 0.717) is 11.4 Å². The first-order chi connectivity index (χ1) is 14.4. The molecule has 0 spiro atoms. The summed E-state index contributed by atoms with van der Waals surface area (Å²) in [5.74, 6) is -0.395. The monoisotopic (exact) mass is 406 g/mol. The summed E-state index contributed by atoms with van der Waals surface area (Å²) in [6.07, 6.45) is 0. The van der Waals surface area contributed by atoms with E-state index in [1.54, 1.807) is 6.92 Å². The fourth-order valence-corrected chi connectivity index (χ4v) is 3.37. The number of nitrogens with zero attached hydrogens (tertiary/aromatic N) is 3. The zero-order chi connectivity index (χ0) is 21.7. The van der Waals surface area contributed by atoms with Crippen LogP contribution in [0, 0.1) is 0 Å². The van der Waals surface area contributed by atoms with Crippen molar-refractivity contribution in [3.8, 4) is 5.88 Å². The molecule has 0 bridgehead atoms. The molecule has 1 heterocycles. The van der Waals surface area contributed by atoms with E-state index in [4.69, 9.17) is 0 Å². The van der Waals surface area contributed by atoms with E-state index in [2.05, 4.69) is 28.7 Å². The zero-order valence-electron chi connectivity index (χ0n) is 17.4. The van der Waals surface area contributed by atoms with Gasteiger partial charge in [0, 0.05) is 18.8 Å². The van der Waals surface area contributed by atoms with Gasteiger partial charge in [-0.3, -0.25) is 19.3 Å². The van der Waals surface area contributed by atoms with Crippen LogP contribution < -0.4 is 16.1 Å². The normalized spacial score (nSPS) is 11.5. The minimum absolute atomic E-state index is 0.0154. The Morgan fingerprint density at radius 1 is 1.03 bits per heavy atom. The molecule has 0 atom stereocenters. The average Bonchev–Trinajstić information content (AvgIpc) is 2.74. The van der Waals surface area contributed by atoms with E-state index < -0.39 is 17.1 Å². The summed E-state index contributed by atoms with van der Waals surface area (Å²) in [5.41, 5.74) is 1.56. The molecule has 7 heteroatoms. The van der Waals surface area contributed by atoms with Crippen molar-refractivity contribution in [1.29, 1.82) is 0 Å². The number of aliphatic imine (C=N–C) groups is 1. The van der Waals surface area contributed by atoms with Crippen LogP contribution in [0.25, 0.3) is 0 Å². The van der Waals surface area contributed by atoms with E-state index >= 15 is 0 Å². The maximum Gasteiger partial charge on any atom is 0.331 e. The van der Waals surface area contributed by atoms with Gasteiger partial charge in [-0.25, -0.2) is 4.79 Å². The zero-order valence-corrected chi connectivity index (χ0v) is 17.4. The Labute approximate surface area is 175 Å². The Morgan fingerprint density at radius 2 is 1.67 bits per heavy atom. The Hall–Kier alpha value is -3.61. The number of rotatable bonds is 7. The third-order valence-corrected chi connectivity index (χ3v) is 4.99. The van der Waals surface area contributed by atoms with Gasteiger partial charge in [-0.05, 0) is 50.6 Å². The molecule has 0 saturated heterocycles. The number of hydrogen-bond acceptors (Lipinski definition) is 5. The summed E-state index contributed by atoms with van der Waals surface area (Å²) in [6, 6.07) is 16.9. The van der Waals surface area contributed by atoms with Crippen molar-refractivity contribution in [2.24, 2.45) is 4.99 Å². The van der Waals surface area contributed by atoms with Gasteiger partial charge in [0.2, 0.25) is 5.88 Å². The van der Waals surface area contributed by atoms with Crippen molar-refractivity contribution in [1.82, 2.24) is 9.55 Å². The summed E-state index contributed by atoms with van der Waals surface area (Å²) in [5, 5.41) is 10.7. The highest BCUT2D eigenvalue weighted by molar-refractivity contribution is 6.01. The second-order valence-corrected chi connectivity index (χ2v) is 6.92. The van der Waals surface area contributed by atoms with E-state index in [1.807, 2.05) is 54.6 Å². The molecule has 1 aromatic heterocycles. The molecular formula is C23H26N4O3. The molecule has 2 aromatic carbocycles. The highest BCUT2D eigenvalue weighted by atomic mass is 16.3. The fraction of sp³-hybridized carbons (Fsp3) is 0.261. The van der Waals surface area contributed by atoms with E-state index in [9.17, 15) is 14.7 Å². The van der Waals surface area contributed by atoms with Gasteiger partial charge in [-0.2, -0.15) is 0 Å². The van der Waals surface area contributed by atoms with Gasteiger partial charge in [-0.1, -0.05) is 30.3 Å². The molecule has 2 N–H and O–H groups in total. The van der Waals surface area contributed by atoms with Gasteiger partial charge in [0.05, 0.1) is 17.9 Å². The van der Waals surface area contributed by atoms with Gasteiger partial charge in [-0.15, -0.1) is 0 Å². The summed E-state index contributed by atoms with van der Waals surface area (Å²) in [6.45, 7) is 7.79. The quantitative estimate of drug-likeness (QED) is 0.589. The molecule has 0 unspecified atom stereocenters. The summed E-state index contributed by atoms with van der Waals surface area (Å²) >= 11 is 0. The number of hydrogen-bond donors (Lipinski definition) is 2. The largest absolute Gasteiger partial charge is 0.494 e. The van der Waals surface area contributed by atoms with Crippen LogP contribution in [0.1, 0.15) is 31.9 Å². The van der Waals surface area contributed by atoms with Gasteiger partial charge >= 0.3 is 5.69 Å². The lowest BCUT2D eigenvalue weighted by molar-refractivity contribution is 0.408. The molecule has 0 aliphatic heterocycles. The summed E-state index contributed by atoms with van der Waals surface area (Å²) in [7, 11) is 0. The Balaban J connectivity index is 1.97. The number of aromatic nitrogens is 2. The number of benzene rings is 2. The molecule has 3 rings (SSSR count). The molecule has 0 aliphatic carbocycles. The van der Waals surface area contributed by atoms with Crippen LogP contribution in [0.4, 0.5) is 11.4 Å². The second kappa shape index (κ2) is 9.26. The molecule has 0 saturated carbocycles. The average molecular weight is 406 g/mol. The Bertz CT molecular complexity index is 1140. The number of aromatic hydroxyl groups is 1. The van der Waals surface area contributed by atoms with Gasteiger partial charge in [0.15, 0.2) is 0 Å².